The predicted octanol–water partition coefficient (Wildman–Crippen LogP) is 3.41. The van der Waals surface area contributed by atoms with Crippen LogP contribution >= 0.6 is 11.6 Å². The zero-order valence-corrected chi connectivity index (χ0v) is 11.1. The van der Waals surface area contributed by atoms with Crippen molar-refractivity contribution in [2.75, 3.05) is 0 Å². The largest absolute Gasteiger partial charge is 0.392 e. The molecule has 0 heterocycles. The van der Waals surface area contributed by atoms with Crippen molar-refractivity contribution >= 4 is 11.6 Å². The molecular weight excluding hydrogens is 236 g/mol. The van der Waals surface area contributed by atoms with Gasteiger partial charge in [-0.15, -0.1) is 0 Å². The maximum Gasteiger partial charge on any atom is 0.0720 e. The van der Waals surface area contributed by atoms with Crippen LogP contribution < -0.4 is 0 Å². The number of halogens is 1. The molecule has 1 fully saturated rings. The van der Waals surface area contributed by atoms with Crippen LogP contribution in [0.25, 0.3) is 0 Å². The van der Waals surface area contributed by atoms with Crippen LogP contribution in [0.5, 0.6) is 0 Å². The van der Waals surface area contributed by atoms with Crippen LogP contribution in [0.1, 0.15) is 32.3 Å². The summed E-state index contributed by atoms with van der Waals surface area (Å²) in [5, 5.41) is 10.5. The summed E-state index contributed by atoms with van der Waals surface area (Å²) in [4.78, 5) is 0. The third-order valence-corrected chi connectivity index (χ3v) is 4.31. The highest BCUT2D eigenvalue weighted by atomic mass is 35.5. The molecule has 0 aliphatic heterocycles. The third-order valence-electron chi connectivity index (χ3n) is 4.06. The van der Waals surface area contributed by atoms with Gasteiger partial charge in [-0.3, -0.25) is 0 Å². The Bertz CT molecular complexity index is 376. The second-order valence-corrected chi connectivity index (χ2v) is 5.47. The van der Waals surface area contributed by atoms with Crippen LogP contribution in [-0.4, -0.2) is 17.3 Å². The first kappa shape index (κ1) is 12.9. The van der Waals surface area contributed by atoms with E-state index in [9.17, 15) is 5.11 Å². The molecule has 3 heteroatoms. The molecule has 1 saturated carbocycles. The summed E-state index contributed by atoms with van der Waals surface area (Å²) < 4.78 is 5.88. The lowest BCUT2D eigenvalue weighted by molar-refractivity contribution is -0.190. The summed E-state index contributed by atoms with van der Waals surface area (Å²) in [7, 11) is 0. The Labute approximate surface area is 108 Å². The van der Waals surface area contributed by atoms with Gasteiger partial charge < -0.3 is 9.84 Å². The SMILES string of the molecule is CCC1(C)C(O)CC1OCc1ccc(Cl)cc1. The quantitative estimate of drug-likeness (QED) is 0.892. The minimum absolute atomic E-state index is 0.0770. The molecule has 0 saturated heterocycles. The van der Waals surface area contributed by atoms with E-state index in [2.05, 4.69) is 13.8 Å². The third kappa shape index (κ3) is 2.49. The Morgan fingerprint density at radius 1 is 1.41 bits per heavy atom. The maximum absolute atomic E-state index is 9.77. The predicted molar refractivity (Wildman–Crippen MR) is 69.1 cm³/mol. The van der Waals surface area contributed by atoms with Crippen molar-refractivity contribution in [3.8, 4) is 0 Å². The highest BCUT2D eigenvalue weighted by Crippen LogP contribution is 2.46. The molecule has 1 N–H and O–H groups in total. The molecule has 3 unspecified atom stereocenters. The number of aliphatic hydroxyl groups excluding tert-OH is 1. The van der Waals surface area contributed by atoms with Gasteiger partial charge in [-0.2, -0.15) is 0 Å². The fourth-order valence-electron chi connectivity index (χ4n) is 2.29. The van der Waals surface area contributed by atoms with Crippen LogP contribution in [0.2, 0.25) is 5.02 Å². The molecule has 1 aliphatic rings. The maximum atomic E-state index is 9.77. The molecule has 17 heavy (non-hydrogen) atoms. The Morgan fingerprint density at radius 2 is 2.06 bits per heavy atom. The molecule has 94 valence electrons. The summed E-state index contributed by atoms with van der Waals surface area (Å²) in [6.07, 6.45) is 1.64. The van der Waals surface area contributed by atoms with Gasteiger partial charge in [0.05, 0.1) is 18.8 Å². The zero-order chi connectivity index (χ0) is 12.5. The number of rotatable bonds is 4. The van der Waals surface area contributed by atoms with Crippen molar-refractivity contribution < 1.29 is 9.84 Å². The van der Waals surface area contributed by atoms with Gasteiger partial charge >= 0.3 is 0 Å². The zero-order valence-electron chi connectivity index (χ0n) is 10.3. The van der Waals surface area contributed by atoms with Gasteiger partial charge in [-0.05, 0) is 24.1 Å². The first-order valence-corrected chi connectivity index (χ1v) is 6.48. The van der Waals surface area contributed by atoms with E-state index < -0.39 is 0 Å². The van der Waals surface area contributed by atoms with E-state index in [0.29, 0.717) is 6.61 Å². The van der Waals surface area contributed by atoms with Gasteiger partial charge in [0.25, 0.3) is 0 Å². The lowest BCUT2D eigenvalue weighted by Gasteiger charge is -2.50. The molecule has 0 amide bonds. The van der Waals surface area contributed by atoms with Crippen LogP contribution in [0.3, 0.4) is 0 Å². The van der Waals surface area contributed by atoms with Gasteiger partial charge in [0.2, 0.25) is 0 Å². The minimum Gasteiger partial charge on any atom is -0.392 e. The highest BCUT2D eigenvalue weighted by Gasteiger charge is 2.50. The van der Waals surface area contributed by atoms with Gasteiger partial charge in [-0.1, -0.05) is 37.6 Å². The first-order chi connectivity index (χ1) is 8.06. The lowest BCUT2D eigenvalue weighted by Crippen LogP contribution is -2.55. The van der Waals surface area contributed by atoms with E-state index in [1.54, 1.807) is 0 Å². The summed E-state index contributed by atoms with van der Waals surface area (Å²) >= 11 is 5.83. The standard InChI is InChI=1S/C14H19ClO2/c1-3-14(2)12(16)8-13(14)17-9-10-4-6-11(15)7-5-10/h4-7,12-13,16H,3,8-9H2,1-2H3. The van der Waals surface area contributed by atoms with E-state index in [1.807, 2.05) is 24.3 Å². The number of hydrogen-bond donors (Lipinski definition) is 1. The van der Waals surface area contributed by atoms with Gasteiger partial charge in [0, 0.05) is 16.9 Å². The molecule has 1 aliphatic carbocycles. The number of ether oxygens (including phenoxy) is 1. The monoisotopic (exact) mass is 254 g/mol. The average Bonchev–Trinajstić information content (AvgIpc) is 2.35. The number of hydrogen-bond acceptors (Lipinski definition) is 2. The van der Waals surface area contributed by atoms with Crippen molar-refractivity contribution in [3.63, 3.8) is 0 Å². The minimum atomic E-state index is -0.220. The van der Waals surface area contributed by atoms with E-state index in [0.717, 1.165) is 23.4 Å². The average molecular weight is 255 g/mol. The fraction of sp³-hybridized carbons (Fsp3) is 0.571. The highest BCUT2D eigenvalue weighted by molar-refractivity contribution is 6.30. The van der Waals surface area contributed by atoms with Gasteiger partial charge in [0.1, 0.15) is 0 Å². The van der Waals surface area contributed by atoms with Crippen molar-refractivity contribution in [1.82, 2.24) is 0 Å². The molecule has 1 aromatic rings. The van der Waals surface area contributed by atoms with E-state index in [4.69, 9.17) is 16.3 Å². The topological polar surface area (TPSA) is 29.5 Å². The van der Waals surface area contributed by atoms with Gasteiger partial charge in [0.15, 0.2) is 0 Å². The van der Waals surface area contributed by atoms with Crippen LogP contribution in [0.15, 0.2) is 24.3 Å². The molecule has 2 nitrogen and oxygen atoms in total. The molecule has 3 atom stereocenters. The van der Waals surface area contributed by atoms with Crippen LogP contribution in [0, 0.1) is 5.41 Å². The molecule has 0 aromatic heterocycles. The second-order valence-electron chi connectivity index (χ2n) is 5.04. The normalized spacial score (nSPS) is 32.2. The van der Waals surface area contributed by atoms with E-state index in [-0.39, 0.29) is 17.6 Å². The fourth-order valence-corrected chi connectivity index (χ4v) is 2.42. The Balaban J connectivity index is 1.89. The Morgan fingerprint density at radius 3 is 2.59 bits per heavy atom. The van der Waals surface area contributed by atoms with Crippen molar-refractivity contribution in [2.45, 2.75) is 45.5 Å². The van der Waals surface area contributed by atoms with Gasteiger partial charge in [-0.25, -0.2) is 0 Å². The Kier molecular flexibility index (Phi) is 3.76. The number of aliphatic hydroxyl groups is 1. The van der Waals surface area contributed by atoms with Crippen molar-refractivity contribution in [2.24, 2.45) is 5.41 Å². The molecular formula is C14H19ClO2. The smallest absolute Gasteiger partial charge is 0.0720 e. The molecule has 0 bridgehead atoms. The Hall–Kier alpha value is -0.570. The summed E-state index contributed by atoms with van der Waals surface area (Å²) in [6, 6.07) is 7.69. The molecule has 0 spiro atoms. The van der Waals surface area contributed by atoms with Crippen LogP contribution in [-0.2, 0) is 11.3 Å². The van der Waals surface area contributed by atoms with E-state index >= 15 is 0 Å². The van der Waals surface area contributed by atoms with Crippen molar-refractivity contribution in [3.05, 3.63) is 34.9 Å². The van der Waals surface area contributed by atoms with Crippen LogP contribution in [0.4, 0.5) is 0 Å². The summed E-state index contributed by atoms with van der Waals surface area (Å²) in [5.74, 6) is 0. The number of benzene rings is 1. The van der Waals surface area contributed by atoms with Crippen molar-refractivity contribution in [1.29, 1.82) is 0 Å². The summed E-state index contributed by atoms with van der Waals surface area (Å²) in [6.45, 7) is 4.78. The first-order valence-electron chi connectivity index (χ1n) is 6.10. The van der Waals surface area contributed by atoms with E-state index in [1.165, 1.54) is 0 Å². The molecule has 1 aromatic carbocycles. The molecule has 2 rings (SSSR count). The summed E-state index contributed by atoms with van der Waals surface area (Å²) in [5.41, 5.74) is 1.04. The molecule has 0 radical (unpaired) electrons. The lowest BCUT2D eigenvalue weighted by atomic mass is 9.63. The second kappa shape index (κ2) is 4.97.